The summed E-state index contributed by atoms with van der Waals surface area (Å²) in [6.45, 7) is 6.32. The van der Waals surface area contributed by atoms with Crippen molar-refractivity contribution in [2.75, 3.05) is 54.1 Å². The molecule has 0 saturated carbocycles. The van der Waals surface area contributed by atoms with Crippen LogP contribution < -0.4 is 9.80 Å². The maximum atomic E-state index is 5.88. The maximum Gasteiger partial charge on any atom is 0.134 e. The van der Waals surface area contributed by atoms with Crippen molar-refractivity contribution in [2.24, 2.45) is 0 Å². The van der Waals surface area contributed by atoms with E-state index in [0.29, 0.717) is 6.61 Å². The van der Waals surface area contributed by atoms with Crippen molar-refractivity contribution in [3.05, 3.63) is 36.0 Å². The number of nitrogens with zero attached hydrogens (tertiary/aromatic N) is 4. The highest BCUT2D eigenvalue weighted by atomic mass is 32.2. The van der Waals surface area contributed by atoms with Gasteiger partial charge in [0.15, 0.2) is 0 Å². The van der Waals surface area contributed by atoms with Crippen LogP contribution in [0.4, 0.5) is 11.6 Å². The number of aromatic nitrogens is 2. The van der Waals surface area contributed by atoms with Crippen LogP contribution in [-0.4, -0.2) is 54.3 Å². The van der Waals surface area contributed by atoms with Crippen molar-refractivity contribution >= 4 is 23.4 Å². The molecule has 2 aromatic rings. The molecule has 2 aliphatic rings. The molecular formula is C17H22N4O2S. The number of morpholine rings is 1. The molecule has 0 aliphatic carbocycles. The number of hydrogen-bond acceptors (Lipinski definition) is 7. The van der Waals surface area contributed by atoms with Gasteiger partial charge in [0.05, 0.1) is 13.2 Å². The molecule has 0 amide bonds. The zero-order valence-electron chi connectivity index (χ0n) is 13.9. The number of rotatable bonds is 3. The first-order valence-corrected chi connectivity index (χ1v) is 9.53. The summed E-state index contributed by atoms with van der Waals surface area (Å²) >= 11 is 2.00. The maximum absolute atomic E-state index is 5.88. The molecule has 2 aliphatic heterocycles. The van der Waals surface area contributed by atoms with E-state index >= 15 is 0 Å². The van der Waals surface area contributed by atoms with E-state index in [9.17, 15) is 0 Å². The smallest absolute Gasteiger partial charge is 0.134 e. The van der Waals surface area contributed by atoms with Gasteiger partial charge in [0, 0.05) is 37.2 Å². The van der Waals surface area contributed by atoms with E-state index in [1.807, 2.05) is 30.8 Å². The average Bonchev–Trinajstić information content (AvgIpc) is 3.09. The monoisotopic (exact) mass is 346 g/mol. The van der Waals surface area contributed by atoms with Crippen molar-refractivity contribution in [1.82, 2.24) is 9.97 Å². The minimum atomic E-state index is -0.0442. The van der Waals surface area contributed by atoms with Crippen molar-refractivity contribution in [3.8, 4) is 0 Å². The molecule has 0 unspecified atom stereocenters. The molecule has 0 spiro atoms. The summed E-state index contributed by atoms with van der Waals surface area (Å²) in [5.74, 6) is 6.12. The summed E-state index contributed by atoms with van der Waals surface area (Å²) in [6, 6.07) is 6.08. The Bertz CT molecular complexity index is 687. The minimum absolute atomic E-state index is 0.0442. The van der Waals surface area contributed by atoms with Crippen molar-refractivity contribution in [2.45, 2.75) is 13.0 Å². The predicted octanol–water partition coefficient (Wildman–Crippen LogP) is 2.51. The third kappa shape index (κ3) is 3.37. The van der Waals surface area contributed by atoms with Crippen LogP contribution in [0.5, 0.6) is 0 Å². The van der Waals surface area contributed by atoms with E-state index in [0.717, 1.165) is 60.8 Å². The van der Waals surface area contributed by atoms with E-state index in [2.05, 4.69) is 25.8 Å². The number of furan rings is 1. The van der Waals surface area contributed by atoms with Crippen LogP contribution in [0, 0.1) is 6.92 Å². The Kier molecular flexibility index (Phi) is 4.62. The molecule has 7 heteroatoms. The highest BCUT2D eigenvalue weighted by Crippen LogP contribution is 2.28. The number of hydrogen-bond donors (Lipinski definition) is 0. The second kappa shape index (κ2) is 7.03. The standard InChI is InChI=1S/C17H22N4O2S/c1-13-2-3-14(23-13)15-11-21(4-7-22-15)17-10-16(18-12-19-17)20-5-8-24-9-6-20/h2-3,10,12,15H,4-9,11H2,1H3/t15-/m1/s1. The lowest BCUT2D eigenvalue weighted by Crippen LogP contribution is -2.39. The summed E-state index contributed by atoms with van der Waals surface area (Å²) < 4.78 is 11.6. The molecule has 2 saturated heterocycles. The van der Waals surface area contributed by atoms with Gasteiger partial charge in [-0.15, -0.1) is 0 Å². The van der Waals surface area contributed by atoms with Crippen molar-refractivity contribution < 1.29 is 9.15 Å². The van der Waals surface area contributed by atoms with Gasteiger partial charge in [0.1, 0.15) is 35.6 Å². The molecule has 6 nitrogen and oxygen atoms in total. The van der Waals surface area contributed by atoms with Gasteiger partial charge in [-0.05, 0) is 19.1 Å². The molecule has 1 atom stereocenters. The molecule has 0 N–H and O–H groups in total. The number of thioether (sulfide) groups is 1. The van der Waals surface area contributed by atoms with Crippen LogP contribution in [0.2, 0.25) is 0 Å². The van der Waals surface area contributed by atoms with Crippen LogP contribution in [0.15, 0.2) is 28.9 Å². The van der Waals surface area contributed by atoms with E-state index in [4.69, 9.17) is 9.15 Å². The number of anilines is 2. The molecule has 4 heterocycles. The first-order chi connectivity index (χ1) is 11.8. The summed E-state index contributed by atoms with van der Waals surface area (Å²) in [7, 11) is 0. The normalized spacial score (nSPS) is 22.0. The van der Waals surface area contributed by atoms with Gasteiger partial charge in [-0.3, -0.25) is 0 Å². The molecule has 0 radical (unpaired) electrons. The molecule has 24 heavy (non-hydrogen) atoms. The lowest BCUT2D eigenvalue weighted by Gasteiger charge is -2.33. The Morgan fingerprint density at radius 3 is 2.62 bits per heavy atom. The Morgan fingerprint density at radius 1 is 1.08 bits per heavy atom. The zero-order valence-corrected chi connectivity index (χ0v) is 14.7. The van der Waals surface area contributed by atoms with Gasteiger partial charge in [-0.25, -0.2) is 9.97 Å². The van der Waals surface area contributed by atoms with Gasteiger partial charge in [-0.2, -0.15) is 11.8 Å². The third-order valence-electron chi connectivity index (χ3n) is 4.44. The van der Waals surface area contributed by atoms with Crippen LogP contribution in [0.25, 0.3) is 0 Å². The van der Waals surface area contributed by atoms with Crippen LogP contribution >= 0.6 is 11.8 Å². The zero-order chi connectivity index (χ0) is 16.4. The first-order valence-electron chi connectivity index (χ1n) is 8.37. The van der Waals surface area contributed by atoms with Crippen LogP contribution in [0.1, 0.15) is 17.6 Å². The molecule has 0 bridgehead atoms. The van der Waals surface area contributed by atoms with E-state index in [1.54, 1.807) is 6.33 Å². The first kappa shape index (κ1) is 15.8. The Balaban J connectivity index is 1.50. The fourth-order valence-corrected chi connectivity index (χ4v) is 4.03. The molecule has 2 fully saturated rings. The van der Waals surface area contributed by atoms with Gasteiger partial charge in [0.2, 0.25) is 0 Å². The summed E-state index contributed by atoms with van der Waals surface area (Å²) in [6.07, 6.45) is 1.63. The van der Waals surface area contributed by atoms with Gasteiger partial charge in [0.25, 0.3) is 0 Å². The largest absolute Gasteiger partial charge is 0.464 e. The van der Waals surface area contributed by atoms with E-state index in [-0.39, 0.29) is 6.10 Å². The summed E-state index contributed by atoms with van der Waals surface area (Å²) in [5.41, 5.74) is 0. The second-order valence-corrected chi connectivity index (χ2v) is 7.31. The molecule has 4 rings (SSSR count). The van der Waals surface area contributed by atoms with Gasteiger partial charge < -0.3 is 19.0 Å². The van der Waals surface area contributed by atoms with Crippen molar-refractivity contribution in [3.63, 3.8) is 0 Å². The fourth-order valence-electron chi connectivity index (χ4n) is 3.13. The van der Waals surface area contributed by atoms with E-state index < -0.39 is 0 Å². The Labute approximate surface area is 146 Å². The second-order valence-electron chi connectivity index (χ2n) is 6.09. The van der Waals surface area contributed by atoms with E-state index in [1.165, 1.54) is 0 Å². The lowest BCUT2D eigenvalue weighted by molar-refractivity contribution is 0.0250. The highest BCUT2D eigenvalue weighted by molar-refractivity contribution is 7.99. The minimum Gasteiger partial charge on any atom is -0.464 e. The number of ether oxygens (including phenoxy) is 1. The molecular weight excluding hydrogens is 324 g/mol. The predicted molar refractivity (Wildman–Crippen MR) is 95.9 cm³/mol. The quantitative estimate of drug-likeness (QED) is 0.846. The summed E-state index contributed by atoms with van der Waals surface area (Å²) in [4.78, 5) is 13.6. The van der Waals surface area contributed by atoms with Gasteiger partial charge in [-0.1, -0.05) is 0 Å². The van der Waals surface area contributed by atoms with Crippen LogP contribution in [-0.2, 0) is 4.74 Å². The summed E-state index contributed by atoms with van der Waals surface area (Å²) in [5, 5.41) is 0. The topological polar surface area (TPSA) is 54.6 Å². The SMILES string of the molecule is Cc1ccc([C@H]2CN(c3cc(N4CCSCC4)ncn3)CCO2)o1. The molecule has 2 aromatic heterocycles. The molecule has 0 aromatic carbocycles. The highest BCUT2D eigenvalue weighted by Gasteiger charge is 2.26. The number of aryl methyl sites for hydroxylation is 1. The third-order valence-corrected chi connectivity index (χ3v) is 5.38. The van der Waals surface area contributed by atoms with Gasteiger partial charge >= 0.3 is 0 Å². The molecule has 128 valence electrons. The average molecular weight is 346 g/mol. The Morgan fingerprint density at radius 2 is 1.88 bits per heavy atom. The Hall–Kier alpha value is -1.73. The van der Waals surface area contributed by atoms with Crippen LogP contribution in [0.3, 0.4) is 0 Å². The lowest BCUT2D eigenvalue weighted by atomic mass is 10.2. The van der Waals surface area contributed by atoms with Crippen molar-refractivity contribution in [1.29, 1.82) is 0 Å². The fraction of sp³-hybridized carbons (Fsp3) is 0.529.